The standard InChI is InChI=1S/C11H13ClO4/c1-15-9-6-10(16-2)8(12)5-7(9)3-4-11(13)14/h5-6H,3-4H2,1-2H3,(H,13,14). The molecular weight excluding hydrogens is 232 g/mol. The van der Waals surface area contributed by atoms with E-state index in [0.717, 1.165) is 5.56 Å². The van der Waals surface area contributed by atoms with Crippen LogP contribution in [0.15, 0.2) is 12.1 Å². The van der Waals surface area contributed by atoms with E-state index >= 15 is 0 Å². The molecule has 0 saturated carbocycles. The highest BCUT2D eigenvalue weighted by Gasteiger charge is 2.10. The maximum Gasteiger partial charge on any atom is 0.303 e. The molecular formula is C11H13ClO4. The summed E-state index contributed by atoms with van der Waals surface area (Å²) in [5.74, 6) is 0.245. The van der Waals surface area contributed by atoms with E-state index in [4.69, 9.17) is 26.2 Å². The Bertz CT molecular complexity index is 390. The van der Waals surface area contributed by atoms with Crippen LogP contribution in [-0.4, -0.2) is 25.3 Å². The quantitative estimate of drug-likeness (QED) is 0.864. The van der Waals surface area contributed by atoms with E-state index in [2.05, 4.69) is 0 Å². The van der Waals surface area contributed by atoms with Crippen molar-refractivity contribution in [1.82, 2.24) is 0 Å². The van der Waals surface area contributed by atoms with Gasteiger partial charge in [0.25, 0.3) is 0 Å². The number of carbonyl (C=O) groups is 1. The number of carboxylic acids is 1. The lowest BCUT2D eigenvalue weighted by molar-refractivity contribution is -0.136. The molecule has 16 heavy (non-hydrogen) atoms. The number of aryl methyl sites for hydroxylation is 1. The van der Waals surface area contributed by atoms with Gasteiger partial charge >= 0.3 is 5.97 Å². The number of carboxylic acid groups (broad SMARTS) is 1. The number of halogens is 1. The molecule has 0 unspecified atom stereocenters. The van der Waals surface area contributed by atoms with E-state index in [1.165, 1.54) is 14.2 Å². The summed E-state index contributed by atoms with van der Waals surface area (Å²) >= 11 is 5.95. The highest BCUT2D eigenvalue weighted by molar-refractivity contribution is 6.32. The summed E-state index contributed by atoms with van der Waals surface area (Å²) in [5, 5.41) is 9.06. The molecule has 0 spiro atoms. The second-order valence-electron chi connectivity index (χ2n) is 3.19. The Balaban J connectivity index is 2.98. The number of aliphatic carboxylic acids is 1. The first-order chi connectivity index (χ1) is 7.58. The maximum absolute atomic E-state index is 10.5. The first kappa shape index (κ1) is 12.6. The van der Waals surface area contributed by atoms with Gasteiger partial charge in [-0.3, -0.25) is 4.79 Å². The predicted octanol–water partition coefficient (Wildman–Crippen LogP) is 2.37. The minimum absolute atomic E-state index is 0.0407. The molecule has 1 aromatic carbocycles. The molecule has 0 aliphatic heterocycles. The van der Waals surface area contributed by atoms with Crippen LogP contribution in [0.4, 0.5) is 0 Å². The molecule has 0 atom stereocenters. The van der Waals surface area contributed by atoms with Gasteiger partial charge < -0.3 is 14.6 Å². The molecule has 0 aliphatic rings. The monoisotopic (exact) mass is 244 g/mol. The molecule has 1 rings (SSSR count). The van der Waals surface area contributed by atoms with E-state index in [-0.39, 0.29) is 6.42 Å². The smallest absolute Gasteiger partial charge is 0.303 e. The van der Waals surface area contributed by atoms with Crippen LogP contribution >= 0.6 is 11.6 Å². The molecule has 0 radical (unpaired) electrons. The fraction of sp³-hybridized carbons (Fsp3) is 0.364. The molecule has 0 aromatic heterocycles. The Morgan fingerprint density at radius 3 is 2.44 bits per heavy atom. The Labute approximate surface area is 98.7 Å². The first-order valence-corrected chi connectivity index (χ1v) is 5.08. The van der Waals surface area contributed by atoms with Gasteiger partial charge in [0.1, 0.15) is 11.5 Å². The SMILES string of the molecule is COc1cc(OC)c(CCC(=O)O)cc1Cl. The Morgan fingerprint density at radius 1 is 1.31 bits per heavy atom. The van der Waals surface area contributed by atoms with Crippen LogP contribution in [0.3, 0.4) is 0 Å². The van der Waals surface area contributed by atoms with E-state index in [9.17, 15) is 4.79 Å². The average Bonchev–Trinajstić information content (AvgIpc) is 2.26. The Kier molecular flexibility index (Phi) is 4.43. The molecule has 4 nitrogen and oxygen atoms in total. The molecule has 0 aliphatic carbocycles. The van der Waals surface area contributed by atoms with Gasteiger partial charge in [0.05, 0.1) is 19.2 Å². The molecule has 0 saturated heterocycles. The normalized spacial score (nSPS) is 9.94. The van der Waals surface area contributed by atoms with Crippen molar-refractivity contribution in [3.8, 4) is 11.5 Å². The zero-order chi connectivity index (χ0) is 12.1. The summed E-state index contributed by atoms with van der Waals surface area (Å²) in [6.07, 6.45) is 0.418. The first-order valence-electron chi connectivity index (χ1n) is 4.70. The topological polar surface area (TPSA) is 55.8 Å². The third-order valence-corrected chi connectivity index (χ3v) is 2.46. The highest BCUT2D eigenvalue weighted by Crippen LogP contribution is 2.33. The number of hydrogen-bond donors (Lipinski definition) is 1. The molecule has 0 fully saturated rings. The van der Waals surface area contributed by atoms with Gasteiger partial charge in [-0.1, -0.05) is 11.6 Å². The third-order valence-electron chi connectivity index (χ3n) is 2.16. The second kappa shape index (κ2) is 5.61. The van der Waals surface area contributed by atoms with Crippen molar-refractivity contribution in [2.75, 3.05) is 14.2 Å². The van der Waals surface area contributed by atoms with E-state index in [1.54, 1.807) is 12.1 Å². The van der Waals surface area contributed by atoms with Crippen LogP contribution in [0.5, 0.6) is 11.5 Å². The van der Waals surface area contributed by atoms with Crippen LogP contribution in [0.25, 0.3) is 0 Å². The molecule has 0 amide bonds. The van der Waals surface area contributed by atoms with Gasteiger partial charge in [-0.15, -0.1) is 0 Å². The van der Waals surface area contributed by atoms with Crippen LogP contribution in [-0.2, 0) is 11.2 Å². The lowest BCUT2D eigenvalue weighted by Crippen LogP contribution is -2.00. The van der Waals surface area contributed by atoms with Gasteiger partial charge in [0, 0.05) is 12.5 Å². The second-order valence-corrected chi connectivity index (χ2v) is 3.60. The lowest BCUT2D eigenvalue weighted by Gasteiger charge is -2.11. The van der Waals surface area contributed by atoms with Gasteiger partial charge in [-0.25, -0.2) is 0 Å². The van der Waals surface area contributed by atoms with E-state index in [1.807, 2.05) is 0 Å². The largest absolute Gasteiger partial charge is 0.496 e. The summed E-state index contributed by atoms with van der Waals surface area (Å²) in [6.45, 7) is 0. The molecule has 0 heterocycles. The molecule has 88 valence electrons. The van der Waals surface area contributed by atoms with Crippen molar-refractivity contribution in [2.45, 2.75) is 12.8 Å². The minimum atomic E-state index is -0.853. The summed E-state index contributed by atoms with van der Waals surface area (Å²) in [5.41, 5.74) is 0.760. The predicted molar refractivity (Wildman–Crippen MR) is 60.5 cm³/mol. The molecule has 1 N–H and O–H groups in total. The fourth-order valence-electron chi connectivity index (χ4n) is 1.36. The van der Waals surface area contributed by atoms with Crippen molar-refractivity contribution < 1.29 is 19.4 Å². The molecule has 0 bridgehead atoms. The van der Waals surface area contributed by atoms with Crippen LogP contribution in [0.2, 0.25) is 5.02 Å². The third kappa shape index (κ3) is 3.03. The Morgan fingerprint density at radius 2 is 1.94 bits per heavy atom. The van der Waals surface area contributed by atoms with Gasteiger partial charge in [0.2, 0.25) is 0 Å². The van der Waals surface area contributed by atoms with Crippen molar-refractivity contribution in [3.63, 3.8) is 0 Å². The zero-order valence-electron chi connectivity index (χ0n) is 9.12. The number of ether oxygens (including phenoxy) is 2. The average molecular weight is 245 g/mol. The Hall–Kier alpha value is -1.42. The van der Waals surface area contributed by atoms with E-state index in [0.29, 0.717) is 22.9 Å². The fourth-order valence-corrected chi connectivity index (χ4v) is 1.62. The number of benzene rings is 1. The summed E-state index contributed by atoms with van der Waals surface area (Å²) < 4.78 is 10.2. The van der Waals surface area contributed by atoms with E-state index < -0.39 is 5.97 Å². The molecule has 5 heteroatoms. The summed E-state index contributed by atoms with van der Waals surface area (Å²) in [6, 6.07) is 3.32. The summed E-state index contributed by atoms with van der Waals surface area (Å²) in [7, 11) is 3.03. The van der Waals surface area contributed by atoms with Crippen LogP contribution in [0.1, 0.15) is 12.0 Å². The van der Waals surface area contributed by atoms with Gasteiger partial charge in [-0.05, 0) is 18.1 Å². The lowest BCUT2D eigenvalue weighted by atomic mass is 10.1. The van der Waals surface area contributed by atoms with Crippen molar-refractivity contribution in [3.05, 3.63) is 22.7 Å². The number of hydrogen-bond acceptors (Lipinski definition) is 3. The molecule has 1 aromatic rings. The van der Waals surface area contributed by atoms with Crippen molar-refractivity contribution in [2.24, 2.45) is 0 Å². The zero-order valence-corrected chi connectivity index (χ0v) is 9.87. The van der Waals surface area contributed by atoms with Crippen LogP contribution in [0, 0.1) is 0 Å². The van der Waals surface area contributed by atoms with Crippen LogP contribution < -0.4 is 9.47 Å². The minimum Gasteiger partial charge on any atom is -0.496 e. The summed E-state index contributed by atoms with van der Waals surface area (Å²) in [4.78, 5) is 10.5. The number of methoxy groups -OCH3 is 2. The van der Waals surface area contributed by atoms with Gasteiger partial charge in [-0.2, -0.15) is 0 Å². The van der Waals surface area contributed by atoms with Crippen molar-refractivity contribution in [1.29, 1.82) is 0 Å². The maximum atomic E-state index is 10.5. The van der Waals surface area contributed by atoms with Crippen molar-refractivity contribution >= 4 is 17.6 Å². The number of rotatable bonds is 5. The highest BCUT2D eigenvalue weighted by atomic mass is 35.5. The van der Waals surface area contributed by atoms with Gasteiger partial charge in [0.15, 0.2) is 0 Å².